The Bertz CT molecular complexity index is 1240. The predicted octanol–water partition coefficient (Wildman–Crippen LogP) is 1.08. The maximum atomic E-state index is 12.1. The molecular formula is C22H20N4O4. The van der Waals surface area contributed by atoms with E-state index < -0.39 is 17.4 Å². The Morgan fingerprint density at radius 2 is 2.10 bits per heavy atom. The first-order valence-electron chi connectivity index (χ1n) is 9.30. The molecule has 1 saturated heterocycles. The summed E-state index contributed by atoms with van der Waals surface area (Å²) in [6.07, 6.45) is 0.264. The van der Waals surface area contributed by atoms with Crippen LogP contribution >= 0.6 is 0 Å². The number of aromatic nitrogens is 2. The lowest BCUT2D eigenvalue weighted by atomic mass is 10.0. The van der Waals surface area contributed by atoms with Crippen LogP contribution in [0.3, 0.4) is 0 Å². The van der Waals surface area contributed by atoms with Crippen molar-refractivity contribution in [1.29, 1.82) is 0 Å². The van der Waals surface area contributed by atoms with Gasteiger partial charge in [0.15, 0.2) is 5.69 Å². The number of hydrogen-bond acceptors (Lipinski definition) is 5. The molecule has 3 N–H and O–H groups in total. The summed E-state index contributed by atoms with van der Waals surface area (Å²) in [5, 5.41) is 15.5. The molecule has 1 atom stereocenters. The smallest absolute Gasteiger partial charge is 0.269 e. The number of rotatable bonds is 3. The molecule has 0 bridgehead atoms. The van der Waals surface area contributed by atoms with E-state index in [-0.39, 0.29) is 12.1 Å². The van der Waals surface area contributed by atoms with Gasteiger partial charge in [0.25, 0.3) is 11.8 Å². The van der Waals surface area contributed by atoms with Crippen LogP contribution in [0.1, 0.15) is 22.5 Å². The van der Waals surface area contributed by atoms with Crippen LogP contribution in [0.15, 0.2) is 42.5 Å². The molecule has 30 heavy (non-hydrogen) atoms. The SMILES string of the molecule is COc1ccc2c(C(N)=O)nn(-c3cccc(C#C[C@]4(O)CCN(C)C4=O)c3)c2c1. The maximum absolute atomic E-state index is 12.1. The lowest BCUT2D eigenvalue weighted by molar-refractivity contribution is -0.137. The Morgan fingerprint density at radius 1 is 1.30 bits per heavy atom. The van der Waals surface area contributed by atoms with Crippen LogP contribution in [0.4, 0.5) is 0 Å². The number of methoxy groups -OCH3 is 1. The monoisotopic (exact) mass is 404 g/mol. The molecule has 0 spiro atoms. The van der Waals surface area contributed by atoms with E-state index in [1.807, 2.05) is 6.07 Å². The zero-order valence-corrected chi connectivity index (χ0v) is 16.5. The molecule has 0 aliphatic carbocycles. The van der Waals surface area contributed by atoms with Gasteiger partial charge in [-0.3, -0.25) is 9.59 Å². The van der Waals surface area contributed by atoms with Crippen molar-refractivity contribution >= 4 is 22.7 Å². The van der Waals surface area contributed by atoms with E-state index in [4.69, 9.17) is 10.5 Å². The number of aliphatic hydroxyl groups is 1. The van der Waals surface area contributed by atoms with Gasteiger partial charge in [0.1, 0.15) is 5.75 Å². The Labute approximate surface area is 172 Å². The summed E-state index contributed by atoms with van der Waals surface area (Å²) >= 11 is 0. The standard InChI is InChI=1S/C22H20N4O4/c1-25-11-10-22(29,21(25)28)9-8-14-4-3-5-15(12-14)26-18-13-16(30-2)6-7-17(18)19(24-26)20(23)27/h3-7,12-13,29H,10-11H2,1-2H3,(H2,23,27)/t22-/m0/s1. The van der Waals surface area contributed by atoms with Gasteiger partial charge in [-0.15, -0.1) is 0 Å². The summed E-state index contributed by atoms with van der Waals surface area (Å²) in [5.74, 6) is 5.16. The van der Waals surface area contributed by atoms with Crippen molar-refractivity contribution in [2.24, 2.45) is 5.73 Å². The molecule has 2 heterocycles. The summed E-state index contributed by atoms with van der Waals surface area (Å²) in [6, 6.07) is 12.4. The van der Waals surface area contributed by atoms with Crippen LogP contribution in [-0.2, 0) is 4.79 Å². The lowest BCUT2D eigenvalue weighted by Gasteiger charge is -2.13. The number of likely N-dealkylation sites (tertiary alicyclic amines) is 1. The molecule has 152 valence electrons. The van der Waals surface area contributed by atoms with Crippen LogP contribution in [0.5, 0.6) is 5.75 Å². The van der Waals surface area contributed by atoms with Crippen molar-refractivity contribution in [3.8, 4) is 23.3 Å². The van der Waals surface area contributed by atoms with Gasteiger partial charge in [0, 0.05) is 37.0 Å². The van der Waals surface area contributed by atoms with Gasteiger partial charge < -0.3 is 20.5 Å². The highest BCUT2D eigenvalue weighted by atomic mass is 16.5. The van der Waals surface area contributed by atoms with Gasteiger partial charge in [-0.05, 0) is 30.3 Å². The van der Waals surface area contributed by atoms with E-state index in [1.54, 1.807) is 55.2 Å². The van der Waals surface area contributed by atoms with Crippen LogP contribution in [0, 0.1) is 11.8 Å². The second-order valence-corrected chi connectivity index (χ2v) is 7.15. The molecular weight excluding hydrogens is 384 g/mol. The second kappa shape index (κ2) is 7.21. The van der Waals surface area contributed by atoms with Crippen LogP contribution < -0.4 is 10.5 Å². The number of hydrogen-bond donors (Lipinski definition) is 2. The molecule has 0 saturated carbocycles. The normalized spacial score (nSPS) is 18.4. The number of nitrogens with zero attached hydrogens (tertiary/aromatic N) is 3. The first-order valence-corrected chi connectivity index (χ1v) is 9.30. The average molecular weight is 404 g/mol. The summed E-state index contributed by atoms with van der Waals surface area (Å²) in [5.41, 5.74) is 5.87. The quantitative estimate of drug-likeness (QED) is 0.635. The van der Waals surface area contributed by atoms with E-state index in [0.717, 1.165) is 0 Å². The molecule has 1 fully saturated rings. The minimum Gasteiger partial charge on any atom is -0.497 e. The summed E-state index contributed by atoms with van der Waals surface area (Å²) < 4.78 is 6.88. The van der Waals surface area contributed by atoms with E-state index in [2.05, 4.69) is 16.9 Å². The first kappa shape index (κ1) is 19.5. The molecule has 1 aliphatic rings. The highest BCUT2D eigenvalue weighted by Gasteiger charge is 2.42. The van der Waals surface area contributed by atoms with E-state index in [1.165, 1.54) is 4.90 Å². The Kier molecular flexibility index (Phi) is 4.68. The third-order valence-electron chi connectivity index (χ3n) is 5.14. The zero-order valence-electron chi connectivity index (χ0n) is 16.5. The minimum atomic E-state index is -1.67. The van der Waals surface area contributed by atoms with Crippen LogP contribution in [0.25, 0.3) is 16.6 Å². The fourth-order valence-electron chi connectivity index (χ4n) is 3.46. The zero-order chi connectivity index (χ0) is 21.5. The fourth-order valence-corrected chi connectivity index (χ4v) is 3.46. The number of nitrogens with two attached hydrogens (primary N) is 1. The van der Waals surface area contributed by atoms with Crippen molar-refractivity contribution in [3.63, 3.8) is 0 Å². The molecule has 8 heteroatoms. The molecule has 1 aromatic heterocycles. The molecule has 8 nitrogen and oxygen atoms in total. The second-order valence-electron chi connectivity index (χ2n) is 7.15. The maximum Gasteiger partial charge on any atom is 0.269 e. The van der Waals surface area contributed by atoms with Crippen LogP contribution in [0.2, 0.25) is 0 Å². The number of amides is 2. The molecule has 0 unspecified atom stereocenters. The van der Waals surface area contributed by atoms with Gasteiger partial charge in [0.2, 0.25) is 5.60 Å². The molecule has 2 amide bonds. The number of carbonyl (C=O) groups excluding carboxylic acids is 2. The topological polar surface area (TPSA) is 111 Å². The van der Waals surface area contributed by atoms with Crippen molar-refractivity contribution in [2.75, 3.05) is 20.7 Å². The highest BCUT2D eigenvalue weighted by molar-refractivity contribution is 6.04. The van der Waals surface area contributed by atoms with E-state index in [9.17, 15) is 14.7 Å². The van der Waals surface area contributed by atoms with Gasteiger partial charge in [0.05, 0.1) is 18.3 Å². The fraction of sp³-hybridized carbons (Fsp3) is 0.227. The number of likely N-dealkylation sites (N-methyl/N-ethyl adjacent to an activating group) is 1. The molecule has 0 radical (unpaired) electrons. The number of carbonyl (C=O) groups is 2. The summed E-state index contributed by atoms with van der Waals surface area (Å²) in [6.45, 7) is 0.459. The number of primary amides is 1. The minimum absolute atomic E-state index is 0.151. The lowest BCUT2D eigenvalue weighted by Crippen LogP contribution is -2.37. The predicted molar refractivity (Wildman–Crippen MR) is 110 cm³/mol. The highest BCUT2D eigenvalue weighted by Crippen LogP contribution is 2.27. The average Bonchev–Trinajstić information content (AvgIpc) is 3.26. The van der Waals surface area contributed by atoms with Gasteiger partial charge in [-0.1, -0.05) is 17.9 Å². The van der Waals surface area contributed by atoms with E-state index in [0.29, 0.717) is 34.4 Å². The van der Waals surface area contributed by atoms with Crippen molar-refractivity contribution in [2.45, 2.75) is 12.0 Å². The number of benzene rings is 2. The third-order valence-corrected chi connectivity index (χ3v) is 5.14. The Morgan fingerprint density at radius 3 is 2.77 bits per heavy atom. The van der Waals surface area contributed by atoms with Crippen molar-refractivity contribution in [3.05, 3.63) is 53.7 Å². The van der Waals surface area contributed by atoms with E-state index >= 15 is 0 Å². The molecule has 2 aromatic carbocycles. The van der Waals surface area contributed by atoms with Crippen molar-refractivity contribution < 1.29 is 19.4 Å². The summed E-state index contributed by atoms with van der Waals surface area (Å²) in [4.78, 5) is 25.4. The number of fused-ring (bicyclic) bond motifs is 1. The van der Waals surface area contributed by atoms with Gasteiger partial charge in [-0.25, -0.2) is 4.68 Å². The number of ether oxygens (including phenoxy) is 1. The largest absolute Gasteiger partial charge is 0.497 e. The van der Waals surface area contributed by atoms with Gasteiger partial charge in [-0.2, -0.15) is 5.10 Å². The van der Waals surface area contributed by atoms with Crippen molar-refractivity contribution in [1.82, 2.24) is 14.7 Å². The van der Waals surface area contributed by atoms with Gasteiger partial charge >= 0.3 is 0 Å². The molecule has 1 aliphatic heterocycles. The Balaban J connectivity index is 1.78. The van der Waals surface area contributed by atoms with Crippen LogP contribution in [-0.4, -0.2) is 57.9 Å². The summed E-state index contributed by atoms with van der Waals surface area (Å²) in [7, 11) is 3.19. The first-order chi connectivity index (χ1) is 14.3. The Hall–Kier alpha value is -3.83. The molecule has 4 rings (SSSR count). The molecule has 3 aromatic rings. The third kappa shape index (κ3) is 3.25.